The van der Waals surface area contributed by atoms with Crippen molar-refractivity contribution in [2.24, 2.45) is 0 Å². The van der Waals surface area contributed by atoms with Crippen LogP contribution in [-0.4, -0.2) is 30.9 Å². The molecule has 0 aromatic carbocycles. The highest BCUT2D eigenvalue weighted by Gasteiger charge is 2.31. The van der Waals surface area contributed by atoms with Gasteiger partial charge in [0, 0.05) is 29.3 Å². The van der Waals surface area contributed by atoms with Gasteiger partial charge in [0.05, 0.1) is 0 Å². The Kier molecular flexibility index (Phi) is 3.95. The molecular formula is C15H20ClN3S. The minimum absolute atomic E-state index is 0.306. The van der Waals surface area contributed by atoms with Gasteiger partial charge in [-0.15, -0.1) is 11.6 Å². The minimum atomic E-state index is 0.306. The summed E-state index contributed by atoms with van der Waals surface area (Å²) < 4.78 is 2.60. The van der Waals surface area contributed by atoms with Gasteiger partial charge in [-0.1, -0.05) is 0 Å². The van der Waals surface area contributed by atoms with Crippen molar-refractivity contribution in [3.05, 3.63) is 23.7 Å². The molecule has 0 saturated carbocycles. The molecule has 1 unspecified atom stereocenters. The van der Waals surface area contributed by atoms with Crippen LogP contribution in [0.15, 0.2) is 12.1 Å². The number of nitrogens with zero attached hydrogens (tertiary/aromatic N) is 3. The van der Waals surface area contributed by atoms with Crippen LogP contribution in [0, 0.1) is 6.92 Å². The molecule has 0 bridgehead atoms. The molecule has 1 atom stereocenters. The number of alkyl halides is 1. The summed E-state index contributed by atoms with van der Waals surface area (Å²) in [5, 5.41) is 0. The second-order valence-electron chi connectivity index (χ2n) is 5.75. The van der Waals surface area contributed by atoms with Crippen molar-refractivity contribution in [3.63, 3.8) is 0 Å². The summed E-state index contributed by atoms with van der Waals surface area (Å²) in [7, 11) is 0. The van der Waals surface area contributed by atoms with Gasteiger partial charge in [-0.25, -0.2) is 9.97 Å². The Morgan fingerprint density at radius 1 is 1.40 bits per heavy atom. The zero-order chi connectivity index (χ0) is 14.2. The zero-order valence-electron chi connectivity index (χ0n) is 12.0. The molecule has 0 radical (unpaired) electrons. The first-order chi connectivity index (χ1) is 9.61. The predicted molar refractivity (Wildman–Crippen MR) is 86.8 cm³/mol. The molecule has 2 aromatic heterocycles. The lowest BCUT2D eigenvalue weighted by molar-refractivity contribution is 0.505. The molecule has 108 valence electrons. The van der Waals surface area contributed by atoms with Crippen molar-refractivity contribution in [2.45, 2.75) is 44.4 Å². The lowest BCUT2D eigenvalue weighted by Crippen LogP contribution is -2.25. The highest BCUT2D eigenvalue weighted by molar-refractivity contribution is 8.00. The van der Waals surface area contributed by atoms with Gasteiger partial charge in [0.25, 0.3) is 0 Å². The summed E-state index contributed by atoms with van der Waals surface area (Å²) >= 11 is 8.01. The van der Waals surface area contributed by atoms with Crippen molar-refractivity contribution in [1.29, 1.82) is 0 Å². The van der Waals surface area contributed by atoms with E-state index in [-0.39, 0.29) is 0 Å². The molecule has 3 heterocycles. The number of aryl methyl sites for hydroxylation is 2. The normalized spacial score (nSPS) is 22.8. The van der Waals surface area contributed by atoms with Gasteiger partial charge < -0.3 is 4.57 Å². The molecule has 0 amide bonds. The molecule has 0 aliphatic carbocycles. The first kappa shape index (κ1) is 14.2. The Bertz CT molecular complexity index is 617. The molecule has 1 aliphatic rings. The van der Waals surface area contributed by atoms with E-state index in [0.717, 1.165) is 35.6 Å². The van der Waals surface area contributed by atoms with Crippen molar-refractivity contribution in [2.75, 3.05) is 11.6 Å². The van der Waals surface area contributed by atoms with E-state index in [0.29, 0.717) is 10.6 Å². The summed E-state index contributed by atoms with van der Waals surface area (Å²) in [6, 6.07) is 4.09. The van der Waals surface area contributed by atoms with Gasteiger partial charge in [-0.2, -0.15) is 11.8 Å². The van der Waals surface area contributed by atoms with Crippen molar-refractivity contribution in [1.82, 2.24) is 14.5 Å². The van der Waals surface area contributed by atoms with Crippen molar-refractivity contribution >= 4 is 34.5 Å². The topological polar surface area (TPSA) is 30.7 Å². The standard InChI is InChI=1S/C15H20ClN3S/c1-11-4-5-12-14(17-11)19(13(18-12)6-8-16)10-15(2)7-3-9-20-15/h4-5H,3,6-10H2,1-2H3. The van der Waals surface area contributed by atoms with Crippen LogP contribution in [0.5, 0.6) is 0 Å². The first-order valence-corrected chi connectivity index (χ1v) is 8.66. The third kappa shape index (κ3) is 2.68. The van der Waals surface area contributed by atoms with E-state index >= 15 is 0 Å². The number of imidazole rings is 1. The van der Waals surface area contributed by atoms with Crippen LogP contribution >= 0.6 is 23.4 Å². The lowest BCUT2D eigenvalue weighted by Gasteiger charge is -2.24. The summed E-state index contributed by atoms with van der Waals surface area (Å²) in [4.78, 5) is 9.42. The molecular weight excluding hydrogens is 290 g/mol. The summed E-state index contributed by atoms with van der Waals surface area (Å²) in [5.74, 6) is 2.94. The first-order valence-electron chi connectivity index (χ1n) is 7.14. The SMILES string of the molecule is Cc1ccc2nc(CCCl)n(CC3(C)CCCS3)c2n1. The van der Waals surface area contributed by atoms with Gasteiger partial charge in [0.1, 0.15) is 11.3 Å². The summed E-state index contributed by atoms with van der Waals surface area (Å²) in [6.45, 7) is 5.37. The van der Waals surface area contributed by atoms with E-state index in [2.05, 4.69) is 29.3 Å². The molecule has 3 nitrogen and oxygen atoms in total. The molecule has 0 N–H and O–H groups in total. The molecule has 1 saturated heterocycles. The maximum absolute atomic E-state index is 5.94. The van der Waals surface area contributed by atoms with Gasteiger partial charge in [-0.3, -0.25) is 0 Å². The minimum Gasteiger partial charge on any atom is -0.311 e. The van der Waals surface area contributed by atoms with E-state index in [1.165, 1.54) is 18.6 Å². The molecule has 3 rings (SSSR count). The van der Waals surface area contributed by atoms with Crippen LogP contribution < -0.4 is 0 Å². The quantitative estimate of drug-likeness (QED) is 0.805. The number of aromatic nitrogens is 3. The Morgan fingerprint density at radius 2 is 2.25 bits per heavy atom. The van der Waals surface area contributed by atoms with Crippen LogP contribution in [0.1, 0.15) is 31.3 Å². The van der Waals surface area contributed by atoms with Crippen LogP contribution in [0.4, 0.5) is 0 Å². The summed E-state index contributed by atoms with van der Waals surface area (Å²) in [5.41, 5.74) is 3.04. The lowest BCUT2D eigenvalue weighted by atomic mass is 10.1. The number of hydrogen-bond acceptors (Lipinski definition) is 3. The average molecular weight is 310 g/mol. The fourth-order valence-corrected chi connectivity index (χ4v) is 4.34. The monoisotopic (exact) mass is 309 g/mol. The Hall–Kier alpha value is -0.740. The number of thioether (sulfide) groups is 1. The highest BCUT2D eigenvalue weighted by Crippen LogP contribution is 2.39. The Morgan fingerprint density at radius 3 is 2.95 bits per heavy atom. The second-order valence-corrected chi connectivity index (χ2v) is 7.81. The molecule has 1 aliphatic heterocycles. The van der Waals surface area contributed by atoms with Gasteiger partial charge >= 0.3 is 0 Å². The smallest absolute Gasteiger partial charge is 0.160 e. The molecule has 1 fully saturated rings. The van der Waals surface area contributed by atoms with Crippen LogP contribution in [0.25, 0.3) is 11.2 Å². The van der Waals surface area contributed by atoms with Gasteiger partial charge in [0.2, 0.25) is 0 Å². The fraction of sp³-hybridized carbons (Fsp3) is 0.600. The number of pyridine rings is 1. The Labute approximate surface area is 129 Å². The van der Waals surface area contributed by atoms with E-state index in [1.807, 2.05) is 13.0 Å². The van der Waals surface area contributed by atoms with Crippen LogP contribution in [0.2, 0.25) is 0 Å². The third-order valence-electron chi connectivity index (χ3n) is 3.92. The number of rotatable bonds is 4. The van der Waals surface area contributed by atoms with Gasteiger partial charge in [-0.05, 0) is 44.6 Å². The molecule has 5 heteroatoms. The van der Waals surface area contributed by atoms with E-state index in [9.17, 15) is 0 Å². The van der Waals surface area contributed by atoms with E-state index < -0.39 is 0 Å². The van der Waals surface area contributed by atoms with Crippen molar-refractivity contribution in [3.8, 4) is 0 Å². The zero-order valence-corrected chi connectivity index (χ0v) is 13.6. The molecule has 20 heavy (non-hydrogen) atoms. The van der Waals surface area contributed by atoms with E-state index in [4.69, 9.17) is 21.6 Å². The number of fused-ring (bicyclic) bond motifs is 1. The van der Waals surface area contributed by atoms with Crippen LogP contribution in [-0.2, 0) is 13.0 Å². The summed E-state index contributed by atoms with van der Waals surface area (Å²) in [6.07, 6.45) is 3.38. The molecule has 0 spiro atoms. The number of halogens is 1. The fourth-order valence-electron chi connectivity index (χ4n) is 2.88. The average Bonchev–Trinajstić information content (AvgIpc) is 2.97. The van der Waals surface area contributed by atoms with E-state index in [1.54, 1.807) is 0 Å². The van der Waals surface area contributed by atoms with Gasteiger partial charge in [0.15, 0.2) is 5.65 Å². The molecule has 2 aromatic rings. The second kappa shape index (κ2) is 5.57. The predicted octanol–water partition coefficient (Wildman–Crippen LogP) is 3.81. The highest BCUT2D eigenvalue weighted by atomic mass is 35.5. The van der Waals surface area contributed by atoms with Crippen molar-refractivity contribution < 1.29 is 0 Å². The maximum Gasteiger partial charge on any atom is 0.160 e. The third-order valence-corrected chi connectivity index (χ3v) is 5.63. The number of hydrogen-bond donors (Lipinski definition) is 0. The largest absolute Gasteiger partial charge is 0.311 e. The maximum atomic E-state index is 5.94. The van der Waals surface area contributed by atoms with Crippen LogP contribution in [0.3, 0.4) is 0 Å². The Balaban J connectivity index is 2.05.